The van der Waals surface area contributed by atoms with Gasteiger partial charge in [-0.05, 0) is 32.1 Å². The monoisotopic (exact) mass is 266 g/mol. The third-order valence-corrected chi connectivity index (χ3v) is 3.63. The summed E-state index contributed by atoms with van der Waals surface area (Å²) in [5, 5.41) is 3.12. The molecule has 2 heterocycles. The minimum atomic E-state index is -0.317. The number of hydrogen-bond acceptors (Lipinski definition) is 4. The largest absolute Gasteiger partial charge is 0.354 e. The number of anilines is 2. The van der Waals surface area contributed by atoms with Crippen LogP contribution in [0.2, 0.25) is 0 Å². The van der Waals surface area contributed by atoms with Crippen molar-refractivity contribution in [2.75, 3.05) is 23.3 Å². The van der Waals surface area contributed by atoms with Gasteiger partial charge in [0.15, 0.2) is 11.6 Å². The van der Waals surface area contributed by atoms with Crippen molar-refractivity contribution in [3.63, 3.8) is 0 Å². The number of nitrogens with zero attached hydrogens (tertiary/aromatic N) is 3. The summed E-state index contributed by atoms with van der Waals surface area (Å²) >= 11 is 0. The highest BCUT2D eigenvalue weighted by Gasteiger charge is 2.25. The zero-order valence-electron chi connectivity index (χ0n) is 11.8. The number of aromatic nitrogens is 2. The molecule has 0 saturated carbocycles. The van der Waals surface area contributed by atoms with Gasteiger partial charge in [-0.15, -0.1) is 0 Å². The van der Waals surface area contributed by atoms with Crippen LogP contribution in [0, 0.1) is 5.82 Å². The molecule has 2 rings (SSSR count). The molecule has 0 amide bonds. The Morgan fingerprint density at radius 1 is 1.42 bits per heavy atom. The Hall–Kier alpha value is -1.39. The van der Waals surface area contributed by atoms with Crippen LogP contribution >= 0.6 is 0 Å². The molecule has 1 fully saturated rings. The average Bonchev–Trinajstić information content (AvgIpc) is 2.46. The van der Waals surface area contributed by atoms with Crippen LogP contribution in [-0.2, 0) is 0 Å². The Labute approximate surface area is 114 Å². The van der Waals surface area contributed by atoms with Crippen molar-refractivity contribution in [2.45, 2.75) is 52.0 Å². The summed E-state index contributed by atoms with van der Waals surface area (Å²) in [5.41, 5.74) is 0. The van der Waals surface area contributed by atoms with Gasteiger partial charge in [0.05, 0.1) is 6.20 Å². The molecule has 4 nitrogen and oxygen atoms in total. The van der Waals surface area contributed by atoms with E-state index < -0.39 is 0 Å². The van der Waals surface area contributed by atoms with E-state index in [1.54, 1.807) is 0 Å². The van der Waals surface area contributed by atoms with E-state index in [9.17, 15) is 4.39 Å². The van der Waals surface area contributed by atoms with E-state index in [1.165, 1.54) is 12.6 Å². The van der Waals surface area contributed by atoms with Crippen LogP contribution in [0.5, 0.6) is 0 Å². The molecule has 1 N–H and O–H groups in total. The highest BCUT2D eigenvalue weighted by Crippen LogP contribution is 2.27. The summed E-state index contributed by atoms with van der Waals surface area (Å²) in [4.78, 5) is 10.5. The molecule has 0 aliphatic carbocycles. The predicted molar refractivity (Wildman–Crippen MR) is 76.0 cm³/mol. The fourth-order valence-electron chi connectivity index (χ4n) is 2.59. The molecule has 5 heteroatoms. The molecule has 19 heavy (non-hydrogen) atoms. The van der Waals surface area contributed by atoms with Crippen molar-refractivity contribution in [3.8, 4) is 0 Å². The van der Waals surface area contributed by atoms with Gasteiger partial charge in [0.25, 0.3) is 0 Å². The smallest absolute Gasteiger partial charge is 0.224 e. The molecule has 1 saturated heterocycles. The molecule has 0 radical (unpaired) electrons. The quantitative estimate of drug-likeness (QED) is 0.888. The standard InChI is InChI=1S/C14H23FN4/c1-3-8-16-14-17-10-12(15)13(18-14)19-9-6-5-7-11(19)4-2/h10-11H,3-9H2,1-2H3,(H,16,17,18). The highest BCUT2D eigenvalue weighted by atomic mass is 19.1. The maximum absolute atomic E-state index is 14.0. The second kappa shape index (κ2) is 6.68. The van der Waals surface area contributed by atoms with Crippen LogP contribution in [0.4, 0.5) is 16.2 Å². The van der Waals surface area contributed by atoms with Gasteiger partial charge in [-0.2, -0.15) is 4.98 Å². The molecule has 106 valence electrons. The first kappa shape index (κ1) is 14.0. The third kappa shape index (κ3) is 3.33. The Bertz CT molecular complexity index is 410. The number of rotatable bonds is 5. The van der Waals surface area contributed by atoms with E-state index in [0.29, 0.717) is 17.8 Å². The molecular weight excluding hydrogens is 243 g/mol. The summed E-state index contributed by atoms with van der Waals surface area (Å²) in [6.45, 7) is 5.93. The van der Waals surface area contributed by atoms with Crippen LogP contribution in [0.15, 0.2) is 6.20 Å². The Balaban J connectivity index is 2.21. The summed E-state index contributed by atoms with van der Waals surface area (Å²) in [6, 6.07) is 0.400. The molecule has 0 aromatic carbocycles. The van der Waals surface area contributed by atoms with E-state index in [1.807, 2.05) is 0 Å². The van der Waals surface area contributed by atoms with Gasteiger partial charge in [-0.1, -0.05) is 13.8 Å². The lowest BCUT2D eigenvalue weighted by atomic mass is 10.00. The second-order valence-electron chi connectivity index (χ2n) is 5.04. The first-order chi connectivity index (χ1) is 9.26. The lowest BCUT2D eigenvalue weighted by Crippen LogP contribution is -2.40. The average molecular weight is 266 g/mol. The molecule has 0 spiro atoms. The van der Waals surface area contributed by atoms with Gasteiger partial charge in [0.2, 0.25) is 5.95 Å². The van der Waals surface area contributed by atoms with Crippen LogP contribution in [0.3, 0.4) is 0 Å². The SMILES string of the molecule is CCCNc1ncc(F)c(N2CCCCC2CC)n1. The van der Waals surface area contributed by atoms with Gasteiger partial charge in [-0.3, -0.25) is 0 Å². The normalized spacial score (nSPS) is 19.5. The minimum Gasteiger partial charge on any atom is -0.354 e. The van der Waals surface area contributed by atoms with Crippen LogP contribution in [-0.4, -0.2) is 29.1 Å². The molecule has 1 aromatic rings. The van der Waals surface area contributed by atoms with Crippen molar-refractivity contribution in [2.24, 2.45) is 0 Å². The molecule has 1 atom stereocenters. The molecule has 1 aliphatic rings. The molecule has 1 aliphatic heterocycles. The first-order valence-electron chi connectivity index (χ1n) is 7.29. The topological polar surface area (TPSA) is 41.1 Å². The van der Waals surface area contributed by atoms with Gasteiger partial charge in [0.1, 0.15) is 0 Å². The highest BCUT2D eigenvalue weighted by molar-refractivity contribution is 5.45. The summed E-state index contributed by atoms with van der Waals surface area (Å²) in [6.07, 6.45) is 6.76. The summed E-state index contributed by atoms with van der Waals surface area (Å²) < 4.78 is 14.0. The van der Waals surface area contributed by atoms with Gasteiger partial charge >= 0.3 is 0 Å². The summed E-state index contributed by atoms with van der Waals surface area (Å²) in [7, 11) is 0. The van der Waals surface area contributed by atoms with Crippen molar-refractivity contribution in [1.82, 2.24) is 9.97 Å². The number of nitrogens with one attached hydrogen (secondary N) is 1. The molecular formula is C14H23FN4. The zero-order valence-corrected chi connectivity index (χ0v) is 11.8. The molecule has 1 unspecified atom stereocenters. The maximum Gasteiger partial charge on any atom is 0.224 e. The maximum atomic E-state index is 14.0. The molecule has 1 aromatic heterocycles. The third-order valence-electron chi connectivity index (χ3n) is 3.63. The van der Waals surface area contributed by atoms with Gasteiger partial charge in [0, 0.05) is 19.1 Å². The van der Waals surface area contributed by atoms with Crippen molar-refractivity contribution < 1.29 is 4.39 Å². The van der Waals surface area contributed by atoms with Gasteiger partial charge in [-0.25, -0.2) is 9.37 Å². The minimum absolute atomic E-state index is 0.317. The van der Waals surface area contributed by atoms with Crippen molar-refractivity contribution in [3.05, 3.63) is 12.0 Å². The Morgan fingerprint density at radius 2 is 2.26 bits per heavy atom. The zero-order chi connectivity index (χ0) is 13.7. The lowest BCUT2D eigenvalue weighted by Gasteiger charge is -2.36. The Morgan fingerprint density at radius 3 is 3.00 bits per heavy atom. The number of piperidine rings is 1. The van der Waals surface area contributed by atoms with Crippen molar-refractivity contribution >= 4 is 11.8 Å². The fraction of sp³-hybridized carbons (Fsp3) is 0.714. The van der Waals surface area contributed by atoms with Crippen molar-refractivity contribution in [1.29, 1.82) is 0 Å². The Kier molecular flexibility index (Phi) is 4.93. The van der Waals surface area contributed by atoms with E-state index >= 15 is 0 Å². The summed E-state index contributed by atoms with van der Waals surface area (Å²) in [5.74, 6) is 0.668. The lowest BCUT2D eigenvalue weighted by molar-refractivity contribution is 0.438. The fourth-order valence-corrected chi connectivity index (χ4v) is 2.59. The number of halogens is 1. The van der Waals surface area contributed by atoms with Crippen LogP contribution < -0.4 is 10.2 Å². The van der Waals surface area contributed by atoms with E-state index in [2.05, 4.69) is 34.0 Å². The molecule has 0 bridgehead atoms. The van der Waals surface area contributed by atoms with E-state index in [0.717, 1.165) is 38.8 Å². The van der Waals surface area contributed by atoms with Gasteiger partial charge < -0.3 is 10.2 Å². The van der Waals surface area contributed by atoms with E-state index in [4.69, 9.17) is 0 Å². The predicted octanol–water partition coefficient (Wildman–Crippen LogP) is 3.21. The van der Waals surface area contributed by atoms with E-state index in [-0.39, 0.29) is 5.82 Å². The van der Waals surface area contributed by atoms with Crippen LogP contribution in [0.25, 0.3) is 0 Å². The first-order valence-corrected chi connectivity index (χ1v) is 7.29. The van der Waals surface area contributed by atoms with Crippen LogP contribution in [0.1, 0.15) is 46.0 Å². The number of hydrogen-bond donors (Lipinski definition) is 1. The second-order valence-corrected chi connectivity index (χ2v) is 5.04.